The molecule has 2 heterocycles. The van der Waals surface area contributed by atoms with Crippen LogP contribution in [0.2, 0.25) is 0 Å². The Labute approximate surface area is 122 Å². The van der Waals surface area contributed by atoms with Gasteiger partial charge in [0.15, 0.2) is 5.82 Å². The first kappa shape index (κ1) is 13.6. The van der Waals surface area contributed by atoms with E-state index in [4.69, 9.17) is 5.73 Å². The molecule has 2 fully saturated rings. The number of nitrogen functional groups attached to an aromatic ring is 1. The fourth-order valence-electron chi connectivity index (χ4n) is 2.44. The molecule has 110 valence electrons. The lowest BCUT2D eigenvalue weighted by Gasteiger charge is -2.29. The van der Waals surface area contributed by atoms with Crippen LogP contribution in [-0.2, 0) is 0 Å². The average molecular weight is 295 g/mol. The lowest BCUT2D eigenvalue weighted by molar-refractivity contribution is 0.0953. The van der Waals surface area contributed by atoms with E-state index in [2.05, 4.69) is 27.0 Å². The smallest absolute Gasteiger partial charge is 0.258 e. The van der Waals surface area contributed by atoms with E-state index in [1.807, 2.05) is 0 Å². The number of piperidine rings is 1. The normalized spacial score (nSPS) is 20.9. The number of rotatable bonds is 4. The summed E-state index contributed by atoms with van der Waals surface area (Å²) in [6.07, 6.45) is 4.30. The highest BCUT2D eigenvalue weighted by Crippen LogP contribution is 2.30. The predicted octanol–water partition coefficient (Wildman–Crippen LogP) is 1.12. The van der Waals surface area contributed by atoms with Gasteiger partial charge in [-0.15, -0.1) is 0 Å². The molecule has 0 aromatic carbocycles. The second-order valence-corrected chi connectivity index (χ2v) is 6.51. The molecular formula is C13H21N5OS. The molecule has 1 amide bonds. The number of carbonyl (C=O) groups is 1. The maximum absolute atomic E-state index is 12.2. The van der Waals surface area contributed by atoms with Gasteiger partial charge in [-0.25, -0.2) is 0 Å². The molecule has 0 spiro atoms. The molecule has 20 heavy (non-hydrogen) atoms. The molecule has 1 saturated heterocycles. The number of likely N-dealkylation sites (tertiary alicyclic amines) is 1. The number of aromatic nitrogens is 1. The molecule has 1 aromatic heterocycles. The molecule has 0 unspecified atom stereocenters. The molecular weight excluding hydrogens is 274 g/mol. The summed E-state index contributed by atoms with van der Waals surface area (Å²) in [5.41, 5.74) is 6.38. The number of anilines is 2. The summed E-state index contributed by atoms with van der Waals surface area (Å²) < 4.78 is 4.13. The summed E-state index contributed by atoms with van der Waals surface area (Å²) in [7, 11) is 2.13. The highest BCUT2D eigenvalue weighted by molar-refractivity contribution is 7.11. The van der Waals surface area contributed by atoms with Gasteiger partial charge < -0.3 is 21.3 Å². The standard InChI is InChI=1S/C13H21N5OS/c1-18-6-4-9(5-7-18)16-13-10(11(14)17-20-13)12(19)15-8-2-3-8/h8-9,16H,2-7H2,1H3,(H2,14,17)(H,15,19). The molecule has 6 nitrogen and oxygen atoms in total. The molecule has 1 aliphatic carbocycles. The summed E-state index contributed by atoms with van der Waals surface area (Å²) in [6.45, 7) is 2.16. The van der Waals surface area contributed by atoms with Crippen LogP contribution in [0.3, 0.4) is 0 Å². The van der Waals surface area contributed by atoms with Crippen molar-refractivity contribution in [3.8, 4) is 0 Å². The van der Waals surface area contributed by atoms with Gasteiger partial charge in [0.1, 0.15) is 10.6 Å². The van der Waals surface area contributed by atoms with Gasteiger partial charge in [0.05, 0.1) is 0 Å². The molecule has 4 N–H and O–H groups in total. The van der Waals surface area contributed by atoms with Gasteiger partial charge in [0.2, 0.25) is 0 Å². The number of carbonyl (C=O) groups excluding carboxylic acids is 1. The third-order valence-corrected chi connectivity index (χ3v) is 4.70. The lowest BCUT2D eigenvalue weighted by Crippen LogP contribution is -2.37. The van der Waals surface area contributed by atoms with Crippen molar-refractivity contribution in [3.63, 3.8) is 0 Å². The van der Waals surface area contributed by atoms with Gasteiger partial charge in [-0.3, -0.25) is 4.79 Å². The number of nitrogens with two attached hydrogens (primary N) is 1. The van der Waals surface area contributed by atoms with Crippen LogP contribution in [0.1, 0.15) is 36.0 Å². The highest BCUT2D eigenvalue weighted by atomic mass is 32.1. The first-order chi connectivity index (χ1) is 9.63. The Balaban J connectivity index is 1.68. The van der Waals surface area contributed by atoms with Crippen LogP contribution in [-0.4, -0.2) is 47.4 Å². The Morgan fingerprint density at radius 2 is 2.00 bits per heavy atom. The van der Waals surface area contributed by atoms with Crippen LogP contribution < -0.4 is 16.4 Å². The van der Waals surface area contributed by atoms with E-state index in [0.29, 0.717) is 23.5 Å². The summed E-state index contributed by atoms with van der Waals surface area (Å²) in [4.78, 5) is 14.5. The van der Waals surface area contributed by atoms with Crippen LogP contribution in [0, 0.1) is 0 Å². The third kappa shape index (κ3) is 3.04. The summed E-state index contributed by atoms with van der Waals surface area (Å²) in [5.74, 6) is 0.248. The van der Waals surface area contributed by atoms with Crippen LogP contribution in [0.4, 0.5) is 10.8 Å². The monoisotopic (exact) mass is 295 g/mol. The van der Waals surface area contributed by atoms with Crippen molar-refractivity contribution < 1.29 is 4.79 Å². The molecule has 0 atom stereocenters. The van der Waals surface area contributed by atoms with Gasteiger partial charge in [0.25, 0.3) is 5.91 Å². The molecule has 0 radical (unpaired) electrons. The Kier molecular flexibility index (Phi) is 3.80. The Bertz CT molecular complexity index is 491. The highest BCUT2D eigenvalue weighted by Gasteiger charge is 2.28. The maximum Gasteiger partial charge on any atom is 0.258 e. The van der Waals surface area contributed by atoms with Crippen molar-refractivity contribution in [2.24, 2.45) is 0 Å². The minimum Gasteiger partial charge on any atom is -0.382 e. The second kappa shape index (κ2) is 5.57. The largest absolute Gasteiger partial charge is 0.382 e. The second-order valence-electron chi connectivity index (χ2n) is 5.74. The Morgan fingerprint density at radius 3 is 2.65 bits per heavy atom. The maximum atomic E-state index is 12.2. The topological polar surface area (TPSA) is 83.3 Å². The van der Waals surface area contributed by atoms with Crippen LogP contribution in [0.15, 0.2) is 0 Å². The third-order valence-electron chi connectivity index (χ3n) is 3.91. The van der Waals surface area contributed by atoms with E-state index < -0.39 is 0 Å². The molecule has 1 saturated carbocycles. The van der Waals surface area contributed by atoms with Crippen molar-refractivity contribution in [2.45, 2.75) is 37.8 Å². The van der Waals surface area contributed by atoms with Crippen LogP contribution in [0.5, 0.6) is 0 Å². The molecule has 1 aliphatic heterocycles. The Hall–Kier alpha value is -1.34. The SMILES string of the molecule is CN1CCC(Nc2snc(N)c2C(=O)NC2CC2)CC1. The van der Waals surface area contributed by atoms with E-state index in [-0.39, 0.29) is 5.91 Å². The number of nitrogens with one attached hydrogen (secondary N) is 2. The predicted molar refractivity (Wildman–Crippen MR) is 81.2 cm³/mol. The summed E-state index contributed by atoms with van der Waals surface area (Å²) in [6, 6.07) is 0.733. The number of hydrogen-bond acceptors (Lipinski definition) is 6. The van der Waals surface area contributed by atoms with Crippen LogP contribution in [0.25, 0.3) is 0 Å². The van der Waals surface area contributed by atoms with Crippen molar-refractivity contribution in [1.29, 1.82) is 0 Å². The van der Waals surface area contributed by atoms with Gasteiger partial charge in [-0.2, -0.15) is 4.37 Å². The van der Waals surface area contributed by atoms with Gasteiger partial charge in [0, 0.05) is 12.1 Å². The Morgan fingerprint density at radius 1 is 1.30 bits per heavy atom. The quantitative estimate of drug-likeness (QED) is 0.775. The summed E-state index contributed by atoms with van der Waals surface area (Å²) in [5, 5.41) is 7.25. The van der Waals surface area contributed by atoms with E-state index in [0.717, 1.165) is 43.8 Å². The number of amides is 1. The zero-order valence-corrected chi connectivity index (χ0v) is 12.5. The van der Waals surface area contributed by atoms with Crippen molar-refractivity contribution in [1.82, 2.24) is 14.6 Å². The number of hydrogen-bond donors (Lipinski definition) is 3. The zero-order chi connectivity index (χ0) is 14.1. The van der Waals surface area contributed by atoms with Gasteiger partial charge in [-0.1, -0.05) is 0 Å². The molecule has 2 aliphatic rings. The number of nitrogens with zero attached hydrogens (tertiary/aromatic N) is 2. The minimum atomic E-state index is -0.0887. The summed E-state index contributed by atoms with van der Waals surface area (Å²) >= 11 is 1.29. The van der Waals surface area contributed by atoms with E-state index in [1.165, 1.54) is 11.5 Å². The van der Waals surface area contributed by atoms with Crippen molar-refractivity contribution in [3.05, 3.63) is 5.56 Å². The molecule has 3 rings (SSSR count). The van der Waals surface area contributed by atoms with Gasteiger partial charge in [-0.05, 0) is 57.4 Å². The first-order valence-electron chi connectivity index (χ1n) is 7.14. The molecule has 1 aromatic rings. The fourth-order valence-corrected chi connectivity index (χ4v) is 3.23. The van der Waals surface area contributed by atoms with E-state index in [9.17, 15) is 4.79 Å². The molecule has 0 bridgehead atoms. The van der Waals surface area contributed by atoms with E-state index in [1.54, 1.807) is 0 Å². The van der Waals surface area contributed by atoms with Crippen molar-refractivity contribution >= 4 is 28.3 Å². The fraction of sp³-hybridized carbons (Fsp3) is 0.692. The van der Waals surface area contributed by atoms with Crippen molar-refractivity contribution in [2.75, 3.05) is 31.2 Å². The first-order valence-corrected chi connectivity index (χ1v) is 7.92. The van der Waals surface area contributed by atoms with E-state index >= 15 is 0 Å². The zero-order valence-electron chi connectivity index (χ0n) is 11.7. The molecule has 7 heteroatoms. The van der Waals surface area contributed by atoms with Crippen LogP contribution >= 0.6 is 11.5 Å². The average Bonchev–Trinajstić information content (AvgIpc) is 3.15. The van der Waals surface area contributed by atoms with Gasteiger partial charge >= 0.3 is 0 Å². The lowest BCUT2D eigenvalue weighted by atomic mass is 10.1. The minimum absolute atomic E-state index is 0.0887.